The van der Waals surface area contributed by atoms with Gasteiger partial charge in [0.05, 0.1) is 17.8 Å². The smallest absolute Gasteiger partial charge is 0.259 e. The van der Waals surface area contributed by atoms with Crippen LogP contribution in [-0.4, -0.2) is 47.1 Å². The maximum absolute atomic E-state index is 12.8. The van der Waals surface area contributed by atoms with Crippen molar-refractivity contribution in [2.24, 2.45) is 0 Å². The zero-order valence-electron chi connectivity index (χ0n) is 14.9. The number of para-hydroxylation sites is 1. The van der Waals surface area contributed by atoms with Crippen molar-refractivity contribution in [3.8, 4) is 5.75 Å². The molecular formula is C19H21N3O4. The molecule has 0 atom stereocenters. The zero-order valence-corrected chi connectivity index (χ0v) is 14.9. The summed E-state index contributed by atoms with van der Waals surface area (Å²) in [5, 5.41) is 6.83. The van der Waals surface area contributed by atoms with Crippen LogP contribution >= 0.6 is 0 Å². The van der Waals surface area contributed by atoms with Crippen LogP contribution in [0.3, 0.4) is 0 Å². The minimum Gasteiger partial charge on any atom is -0.484 e. The van der Waals surface area contributed by atoms with Gasteiger partial charge in [0.25, 0.3) is 11.8 Å². The van der Waals surface area contributed by atoms with Crippen molar-refractivity contribution in [1.29, 1.82) is 0 Å². The molecule has 26 heavy (non-hydrogen) atoms. The molecule has 1 aromatic heterocycles. The first-order chi connectivity index (χ1) is 12.5. The highest BCUT2D eigenvalue weighted by molar-refractivity contribution is 5.97. The molecule has 1 N–H and O–H groups in total. The van der Waals surface area contributed by atoms with Crippen LogP contribution in [0.25, 0.3) is 0 Å². The van der Waals surface area contributed by atoms with Gasteiger partial charge in [0.1, 0.15) is 22.7 Å². The number of ether oxygens (including phenoxy) is 1. The summed E-state index contributed by atoms with van der Waals surface area (Å²) in [6, 6.07) is 7.27. The van der Waals surface area contributed by atoms with Gasteiger partial charge in [-0.1, -0.05) is 17.3 Å². The standard InChI is InChI=1S/C19H21N3O4/c1-12-16(13(2)26-21-12)18(24)22-9-7-19(8-10-22)11-20-17(23)14-5-3-4-6-15(14)25-19/h3-6H,7-11H2,1-2H3,(H,20,23). The average molecular weight is 355 g/mol. The number of carbonyl (C=O) groups excluding carboxylic acids is 2. The first kappa shape index (κ1) is 16.6. The van der Waals surface area contributed by atoms with Crippen molar-refractivity contribution < 1.29 is 18.8 Å². The lowest BCUT2D eigenvalue weighted by Gasteiger charge is -2.41. The van der Waals surface area contributed by atoms with E-state index >= 15 is 0 Å². The number of hydrogen-bond donors (Lipinski definition) is 1. The first-order valence-electron chi connectivity index (χ1n) is 8.77. The minimum absolute atomic E-state index is 0.0610. The summed E-state index contributed by atoms with van der Waals surface area (Å²) in [4.78, 5) is 26.9. The van der Waals surface area contributed by atoms with Gasteiger partial charge in [0.2, 0.25) is 0 Å². The summed E-state index contributed by atoms with van der Waals surface area (Å²) in [6.07, 6.45) is 1.30. The van der Waals surface area contributed by atoms with E-state index < -0.39 is 5.60 Å². The van der Waals surface area contributed by atoms with Crippen LogP contribution in [0.15, 0.2) is 28.8 Å². The van der Waals surface area contributed by atoms with E-state index in [2.05, 4.69) is 10.5 Å². The molecule has 2 aliphatic heterocycles. The van der Waals surface area contributed by atoms with Gasteiger partial charge in [-0.25, -0.2) is 0 Å². The van der Waals surface area contributed by atoms with Crippen molar-refractivity contribution in [1.82, 2.24) is 15.4 Å². The van der Waals surface area contributed by atoms with Crippen molar-refractivity contribution in [2.45, 2.75) is 32.3 Å². The van der Waals surface area contributed by atoms with Crippen molar-refractivity contribution in [3.05, 3.63) is 46.8 Å². The molecule has 2 aromatic rings. The Morgan fingerprint density at radius 2 is 1.96 bits per heavy atom. The van der Waals surface area contributed by atoms with Crippen LogP contribution in [0.5, 0.6) is 5.75 Å². The number of fused-ring (bicyclic) bond motifs is 1. The molecule has 7 heteroatoms. The van der Waals surface area contributed by atoms with E-state index in [0.717, 1.165) is 0 Å². The van der Waals surface area contributed by atoms with Gasteiger partial charge >= 0.3 is 0 Å². The van der Waals surface area contributed by atoms with E-state index in [1.54, 1.807) is 24.8 Å². The highest BCUT2D eigenvalue weighted by atomic mass is 16.5. The lowest BCUT2D eigenvalue weighted by molar-refractivity contribution is 0.00764. The fourth-order valence-corrected chi connectivity index (χ4v) is 3.69. The second kappa shape index (κ2) is 6.16. The number of amides is 2. The zero-order chi connectivity index (χ0) is 18.3. The van der Waals surface area contributed by atoms with Crippen LogP contribution < -0.4 is 10.1 Å². The monoisotopic (exact) mass is 355 g/mol. The van der Waals surface area contributed by atoms with Crippen LogP contribution in [-0.2, 0) is 0 Å². The molecule has 7 nitrogen and oxygen atoms in total. The van der Waals surface area contributed by atoms with Gasteiger partial charge in [0.15, 0.2) is 0 Å². The molecule has 4 rings (SSSR count). The maximum atomic E-state index is 12.8. The minimum atomic E-state index is -0.488. The lowest BCUT2D eigenvalue weighted by Crippen LogP contribution is -2.54. The molecule has 2 amide bonds. The van der Waals surface area contributed by atoms with Gasteiger partial charge < -0.3 is 19.5 Å². The third-order valence-electron chi connectivity index (χ3n) is 5.24. The second-order valence-corrected chi connectivity index (χ2v) is 6.96. The molecule has 1 spiro atoms. The molecule has 0 saturated carbocycles. The Morgan fingerprint density at radius 3 is 2.65 bits per heavy atom. The van der Waals surface area contributed by atoms with Crippen LogP contribution in [0, 0.1) is 13.8 Å². The van der Waals surface area contributed by atoms with Crippen LogP contribution in [0.2, 0.25) is 0 Å². The summed E-state index contributed by atoms with van der Waals surface area (Å²) in [5.74, 6) is 0.966. The van der Waals surface area contributed by atoms with Gasteiger partial charge in [-0.3, -0.25) is 9.59 Å². The average Bonchev–Trinajstić information content (AvgIpc) is 2.91. The predicted molar refractivity (Wildman–Crippen MR) is 93.2 cm³/mol. The summed E-state index contributed by atoms with van der Waals surface area (Å²) < 4.78 is 11.4. The Labute approximate surface area is 151 Å². The highest BCUT2D eigenvalue weighted by Crippen LogP contribution is 2.33. The normalized spacial score (nSPS) is 18.7. The largest absolute Gasteiger partial charge is 0.484 e. The lowest BCUT2D eigenvalue weighted by atomic mass is 9.90. The number of benzene rings is 1. The molecule has 2 aliphatic rings. The van der Waals surface area contributed by atoms with Crippen molar-refractivity contribution in [2.75, 3.05) is 19.6 Å². The second-order valence-electron chi connectivity index (χ2n) is 6.96. The Morgan fingerprint density at radius 1 is 1.23 bits per heavy atom. The maximum Gasteiger partial charge on any atom is 0.259 e. The molecule has 0 unspecified atom stereocenters. The van der Waals surface area contributed by atoms with E-state index in [9.17, 15) is 9.59 Å². The quantitative estimate of drug-likeness (QED) is 0.847. The van der Waals surface area contributed by atoms with E-state index in [0.29, 0.717) is 60.8 Å². The number of aryl methyl sites for hydroxylation is 2. The highest BCUT2D eigenvalue weighted by Gasteiger charge is 2.41. The molecule has 136 valence electrons. The van der Waals surface area contributed by atoms with E-state index in [4.69, 9.17) is 9.26 Å². The molecule has 0 bridgehead atoms. The molecule has 3 heterocycles. The third-order valence-corrected chi connectivity index (χ3v) is 5.24. The van der Waals surface area contributed by atoms with Gasteiger partial charge in [-0.15, -0.1) is 0 Å². The van der Waals surface area contributed by atoms with Gasteiger partial charge in [-0.2, -0.15) is 0 Å². The topological polar surface area (TPSA) is 84.7 Å². The molecular weight excluding hydrogens is 334 g/mol. The Bertz CT molecular complexity index is 846. The number of likely N-dealkylation sites (tertiary alicyclic amines) is 1. The number of hydrogen-bond acceptors (Lipinski definition) is 5. The number of aromatic nitrogens is 1. The first-order valence-corrected chi connectivity index (χ1v) is 8.77. The molecule has 1 saturated heterocycles. The van der Waals surface area contributed by atoms with Crippen molar-refractivity contribution in [3.63, 3.8) is 0 Å². The van der Waals surface area contributed by atoms with E-state index in [1.165, 1.54) is 0 Å². The predicted octanol–water partition coefficient (Wildman–Crippen LogP) is 2.09. The molecule has 0 radical (unpaired) electrons. The summed E-state index contributed by atoms with van der Waals surface area (Å²) in [5.41, 5.74) is 1.22. The summed E-state index contributed by atoms with van der Waals surface area (Å²) in [7, 11) is 0. The third kappa shape index (κ3) is 2.73. The van der Waals surface area contributed by atoms with Crippen LogP contribution in [0.1, 0.15) is 45.0 Å². The number of rotatable bonds is 1. The molecule has 1 fully saturated rings. The van der Waals surface area contributed by atoms with E-state index in [1.807, 2.05) is 18.2 Å². The molecule has 0 aliphatic carbocycles. The Balaban J connectivity index is 1.51. The van der Waals surface area contributed by atoms with Crippen molar-refractivity contribution >= 4 is 11.8 Å². The number of carbonyl (C=O) groups is 2. The van der Waals surface area contributed by atoms with Gasteiger partial charge in [0, 0.05) is 25.9 Å². The summed E-state index contributed by atoms with van der Waals surface area (Å²) in [6.45, 7) is 5.07. The number of nitrogens with zero attached hydrogens (tertiary/aromatic N) is 2. The Kier molecular flexibility index (Phi) is 3.94. The summed E-state index contributed by atoms with van der Waals surface area (Å²) >= 11 is 0. The Hall–Kier alpha value is -2.83. The fraction of sp³-hybridized carbons (Fsp3) is 0.421. The van der Waals surface area contributed by atoms with Gasteiger partial charge in [-0.05, 0) is 26.0 Å². The number of piperidine rings is 1. The molecule has 1 aromatic carbocycles. The SMILES string of the molecule is Cc1noc(C)c1C(=O)N1CCC2(CC1)CNC(=O)c1ccccc1O2. The van der Waals surface area contributed by atoms with Crippen LogP contribution in [0.4, 0.5) is 0 Å². The number of nitrogens with one attached hydrogen (secondary N) is 1. The fourth-order valence-electron chi connectivity index (χ4n) is 3.69. The van der Waals surface area contributed by atoms with E-state index in [-0.39, 0.29) is 11.8 Å².